The molecule has 41 heavy (non-hydrogen) atoms. The Morgan fingerprint density at radius 2 is 1.46 bits per heavy atom. The molecule has 200 valence electrons. The van der Waals surface area contributed by atoms with Crippen molar-refractivity contribution in [3.63, 3.8) is 0 Å². The zero-order valence-electron chi connectivity index (χ0n) is 23.1. The lowest BCUT2D eigenvalue weighted by atomic mass is 9.73. The molecule has 5 aromatic rings. The van der Waals surface area contributed by atoms with Gasteiger partial charge in [0.2, 0.25) is 0 Å². The highest BCUT2D eigenvalue weighted by Gasteiger charge is 2.41. The van der Waals surface area contributed by atoms with Crippen molar-refractivity contribution in [1.29, 1.82) is 5.26 Å². The summed E-state index contributed by atoms with van der Waals surface area (Å²) in [5, 5.41) is 21.1. The van der Waals surface area contributed by atoms with Crippen molar-refractivity contribution in [3.05, 3.63) is 131 Å². The number of benzene rings is 5. The van der Waals surface area contributed by atoms with Gasteiger partial charge in [-0.25, -0.2) is 4.79 Å². The molecular weight excluding hydrogens is 504 g/mol. The van der Waals surface area contributed by atoms with Gasteiger partial charge in [-0.05, 0) is 82.5 Å². The molecule has 0 fully saturated rings. The second-order valence-electron chi connectivity index (χ2n) is 10.5. The number of rotatable bonds is 7. The molecule has 0 unspecified atom stereocenters. The molecule has 0 saturated carbocycles. The molecule has 1 aliphatic rings. The number of carboxylic acid groups (broad SMARTS) is 1. The topological polar surface area (TPSA) is 64.3 Å². The molecule has 6 rings (SSSR count). The number of hydrogen-bond donors (Lipinski definition) is 1. The molecule has 0 radical (unpaired) electrons. The van der Waals surface area contributed by atoms with Crippen LogP contribution in [0.3, 0.4) is 0 Å². The van der Waals surface area contributed by atoms with Crippen molar-refractivity contribution in [2.45, 2.75) is 32.1 Å². The molecule has 0 amide bonds. The molecule has 0 aromatic heterocycles. The summed E-state index contributed by atoms with van der Waals surface area (Å²) in [5.74, 6) is -1.22. The van der Waals surface area contributed by atoms with E-state index in [0.29, 0.717) is 0 Å². The van der Waals surface area contributed by atoms with E-state index in [9.17, 15) is 15.2 Å². The van der Waals surface area contributed by atoms with E-state index in [4.69, 9.17) is 0 Å². The highest BCUT2D eigenvalue weighted by molar-refractivity contribution is 5.99. The Bertz CT molecular complexity index is 1850. The lowest BCUT2D eigenvalue weighted by Crippen LogP contribution is -2.23. The molecule has 0 bridgehead atoms. The maximum atomic E-state index is 11.5. The van der Waals surface area contributed by atoms with Crippen LogP contribution in [0, 0.1) is 11.3 Å². The molecule has 1 aliphatic carbocycles. The molecule has 1 N–H and O–H groups in total. The maximum Gasteiger partial charge on any atom is 0.346 e. The maximum absolute atomic E-state index is 11.5. The first-order valence-corrected chi connectivity index (χ1v) is 14.0. The van der Waals surface area contributed by atoms with Crippen LogP contribution in [0.1, 0.15) is 43.4 Å². The normalized spacial score (nSPS) is 13.3. The molecule has 0 heterocycles. The summed E-state index contributed by atoms with van der Waals surface area (Å²) < 4.78 is 0. The lowest BCUT2D eigenvalue weighted by Gasteiger charge is -2.32. The molecule has 4 heteroatoms. The third-order valence-electron chi connectivity index (χ3n) is 8.52. The van der Waals surface area contributed by atoms with Gasteiger partial charge < -0.3 is 10.0 Å². The van der Waals surface area contributed by atoms with E-state index in [0.717, 1.165) is 41.0 Å². The van der Waals surface area contributed by atoms with Crippen molar-refractivity contribution in [2.75, 3.05) is 4.90 Å². The van der Waals surface area contributed by atoms with Crippen molar-refractivity contribution in [2.24, 2.45) is 0 Å². The van der Waals surface area contributed by atoms with Gasteiger partial charge in [-0.2, -0.15) is 5.26 Å². The van der Waals surface area contributed by atoms with Crippen molar-refractivity contribution >= 4 is 39.9 Å². The number of anilines is 3. The Morgan fingerprint density at radius 1 is 0.805 bits per heavy atom. The zero-order chi connectivity index (χ0) is 28.6. The molecule has 0 saturated heterocycles. The van der Waals surface area contributed by atoms with Gasteiger partial charge in [-0.15, -0.1) is 0 Å². The van der Waals surface area contributed by atoms with Gasteiger partial charge in [0.1, 0.15) is 11.6 Å². The lowest BCUT2D eigenvalue weighted by molar-refractivity contribution is -0.132. The quantitative estimate of drug-likeness (QED) is 0.167. The fourth-order valence-corrected chi connectivity index (χ4v) is 6.46. The van der Waals surface area contributed by atoms with Crippen LogP contribution in [0.4, 0.5) is 17.1 Å². The SMILES string of the molecule is CCC1(CC)c2cc(/C=C(\C#N)C(=O)O)ccc2-c2ccc(N(c3ccccc3)c3cccc4ccccc34)cc21. The largest absolute Gasteiger partial charge is 0.477 e. The smallest absolute Gasteiger partial charge is 0.346 e. The van der Waals surface area contributed by atoms with Crippen molar-refractivity contribution < 1.29 is 9.90 Å². The Morgan fingerprint density at radius 3 is 2.17 bits per heavy atom. The summed E-state index contributed by atoms with van der Waals surface area (Å²) in [6.07, 6.45) is 3.25. The second-order valence-corrected chi connectivity index (χ2v) is 10.5. The molecule has 0 atom stereocenters. The zero-order valence-corrected chi connectivity index (χ0v) is 23.1. The fraction of sp³-hybridized carbons (Fsp3) is 0.135. The number of nitrogens with zero attached hydrogens (tertiary/aromatic N) is 2. The highest BCUT2D eigenvalue weighted by Crippen LogP contribution is 2.54. The summed E-state index contributed by atoms with van der Waals surface area (Å²) >= 11 is 0. The van der Waals surface area contributed by atoms with E-state index < -0.39 is 5.97 Å². The molecular formula is C37H30N2O2. The summed E-state index contributed by atoms with van der Waals surface area (Å²) in [6, 6.07) is 40.0. The minimum Gasteiger partial charge on any atom is -0.477 e. The van der Waals surface area contributed by atoms with Crippen LogP contribution < -0.4 is 4.90 Å². The summed E-state index contributed by atoms with van der Waals surface area (Å²) in [7, 11) is 0. The van der Waals surface area contributed by atoms with Crippen molar-refractivity contribution in [1.82, 2.24) is 0 Å². The van der Waals surface area contributed by atoms with Gasteiger partial charge >= 0.3 is 5.97 Å². The predicted octanol–water partition coefficient (Wildman–Crippen LogP) is 9.39. The van der Waals surface area contributed by atoms with Crippen LogP contribution in [0.15, 0.2) is 115 Å². The summed E-state index contributed by atoms with van der Waals surface area (Å²) in [4.78, 5) is 13.8. The number of para-hydroxylation sites is 1. The number of aliphatic carboxylic acids is 1. The average molecular weight is 535 g/mol. The summed E-state index contributed by atoms with van der Waals surface area (Å²) in [5.41, 5.74) is 8.34. The van der Waals surface area contributed by atoms with E-state index in [1.54, 1.807) is 6.07 Å². The van der Waals surface area contributed by atoms with E-state index in [-0.39, 0.29) is 11.0 Å². The highest BCUT2D eigenvalue weighted by atomic mass is 16.4. The van der Waals surface area contributed by atoms with Gasteiger partial charge in [-0.3, -0.25) is 0 Å². The van der Waals surface area contributed by atoms with Crippen LogP contribution in [-0.2, 0) is 10.2 Å². The van der Waals surface area contributed by atoms with E-state index in [1.807, 2.05) is 12.1 Å². The average Bonchev–Trinajstić information content (AvgIpc) is 3.29. The Kier molecular flexibility index (Phi) is 6.65. The van der Waals surface area contributed by atoms with Gasteiger partial charge in [0.05, 0.1) is 5.69 Å². The summed E-state index contributed by atoms with van der Waals surface area (Å²) in [6.45, 7) is 4.43. The molecule has 4 nitrogen and oxygen atoms in total. The van der Waals surface area contributed by atoms with E-state index in [1.165, 1.54) is 33.5 Å². The van der Waals surface area contributed by atoms with Crippen LogP contribution in [0.2, 0.25) is 0 Å². The van der Waals surface area contributed by atoms with Crippen LogP contribution in [0.25, 0.3) is 28.0 Å². The van der Waals surface area contributed by atoms with E-state index >= 15 is 0 Å². The Hall–Kier alpha value is -5.14. The number of nitriles is 1. The molecule has 5 aromatic carbocycles. The second kappa shape index (κ2) is 10.4. The van der Waals surface area contributed by atoms with Crippen LogP contribution >= 0.6 is 0 Å². The van der Waals surface area contributed by atoms with Gasteiger partial charge in [0, 0.05) is 22.2 Å². The first-order chi connectivity index (χ1) is 20.0. The molecule has 0 spiro atoms. The monoisotopic (exact) mass is 534 g/mol. The van der Waals surface area contributed by atoms with Gasteiger partial charge in [-0.1, -0.05) is 92.7 Å². The minimum atomic E-state index is -1.22. The third-order valence-corrected chi connectivity index (χ3v) is 8.52. The predicted molar refractivity (Wildman–Crippen MR) is 167 cm³/mol. The standard InChI is InChI=1S/C37H30N2O2/c1-3-37(4-2)33-22-25(21-27(24-38)36(40)41)17-19-31(33)32-20-18-29(23-34(32)37)39(28-13-6-5-7-14-28)35-16-10-12-26-11-8-9-15-30(26)35/h5-23H,3-4H2,1-2H3,(H,40,41)/b27-21+. The first-order valence-electron chi connectivity index (χ1n) is 14.0. The van der Waals surface area contributed by atoms with Gasteiger partial charge in [0.25, 0.3) is 0 Å². The van der Waals surface area contributed by atoms with Crippen LogP contribution in [0.5, 0.6) is 0 Å². The fourth-order valence-electron chi connectivity index (χ4n) is 6.46. The van der Waals surface area contributed by atoms with E-state index in [2.05, 4.69) is 116 Å². The molecule has 0 aliphatic heterocycles. The van der Waals surface area contributed by atoms with Gasteiger partial charge in [0.15, 0.2) is 0 Å². The van der Waals surface area contributed by atoms with Crippen molar-refractivity contribution in [3.8, 4) is 17.2 Å². The number of carbonyl (C=O) groups is 1. The third kappa shape index (κ3) is 4.27. The van der Waals surface area contributed by atoms with Crippen LogP contribution in [-0.4, -0.2) is 11.1 Å². The minimum absolute atomic E-state index is 0.234. The number of carboxylic acids is 1. The number of hydrogen-bond acceptors (Lipinski definition) is 3. The Labute approximate surface area is 240 Å². The Balaban J connectivity index is 1.55. The first kappa shape index (κ1) is 26.1. The number of fused-ring (bicyclic) bond motifs is 4.